The number of nitrogens with zero attached hydrogens (tertiary/aromatic N) is 5. The molecule has 100 valence electrons. The van der Waals surface area contributed by atoms with Crippen LogP contribution in [0, 0.1) is 11.7 Å². The fraction of sp³-hybridized carbons (Fsp3) is 0.154. The average molecular weight is 284 g/mol. The zero-order valence-corrected chi connectivity index (χ0v) is 11.6. The van der Waals surface area contributed by atoms with Crippen LogP contribution < -0.4 is 0 Å². The molecular formula is C13H12N6S. The van der Waals surface area contributed by atoms with Gasteiger partial charge in [0, 0.05) is 24.2 Å². The number of aromatic nitrogens is 6. The highest BCUT2D eigenvalue weighted by Gasteiger charge is 2.09. The fourth-order valence-corrected chi connectivity index (χ4v) is 2.05. The van der Waals surface area contributed by atoms with Gasteiger partial charge >= 0.3 is 0 Å². The lowest BCUT2D eigenvalue weighted by molar-refractivity contribution is 0.759. The highest BCUT2D eigenvalue weighted by Crippen LogP contribution is 2.16. The number of rotatable bonds is 3. The molecule has 3 aromatic heterocycles. The highest BCUT2D eigenvalue weighted by atomic mass is 32.1. The quantitative estimate of drug-likeness (QED) is 0.746. The molecule has 0 saturated carbocycles. The van der Waals surface area contributed by atoms with E-state index in [2.05, 4.69) is 25.1 Å². The minimum absolute atomic E-state index is 0.528. The third-order valence-corrected chi connectivity index (χ3v) is 3.16. The van der Waals surface area contributed by atoms with Gasteiger partial charge in [-0.2, -0.15) is 5.10 Å². The minimum atomic E-state index is 0.528. The van der Waals surface area contributed by atoms with Gasteiger partial charge in [0.15, 0.2) is 10.6 Å². The number of nitrogens with one attached hydrogen (secondary N) is 1. The Hall–Kier alpha value is -2.41. The Bertz CT molecular complexity index is 760. The second-order valence-electron chi connectivity index (χ2n) is 4.32. The number of hydrogen-bond acceptors (Lipinski definition) is 5. The monoisotopic (exact) mass is 284 g/mol. The molecule has 0 aliphatic heterocycles. The Labute approximate surface area is 120 Å². The zero-order valence-electron chi connectivity index (χ0n) is 10.8. The largest absolute Gasteiger partial charge is 0.294 e. The summed E-state index contributed by atoms with van der Waals surface area (Å²) in [7, 11) is 0. The van der Waals surface area contributed by atoms with Crippen molar-refractivity contribution < 1.29 is 0 Å². The third-order valence-electron chi connectivity index (χ3n) is 2.85. The maximum Gasteiger partial charge on any atom is 0.195 e. The first-order valence-corrected chi connectivity index (χ1v) is 6.48. The van der Waals surface area contributed by atoms with Crippen molar-refractivity contribution in [3.8, 4) is 11.4 Å². The zero-order chi connectivity index (χ0) is 13.9. The number of aromatic amines is 1. The lowest BCUT2D eigenvalue weighted by atomic mass is 10.2. The SMILES string of the molecule is Cc1cnc(Cn2c(-c3ccncc3)n[nH]c2=S)cn1. The molecule has 7 heteroatoms. The molecule has 0 radical (unpaired) electrons. The summed E-state index contributed by atoms with van der Waals surface area (Å²) in [6.45, 7) is 2.43. The lowest BCUT2D eigenvalue weighted by Gasteiger charge is -2.06. The van der Waals surface area contributed by atoms with E-state index in [0.717, 1.165) is 22.8 Å². The van der Waals surface area contributed by atoms with E-state index < -0.39 is 0 Å². The summed E-state index contributed by atoms with van der Waals surface area (Å²) in [5.41, 5.74) is 2.68. The van der Waals surface area contributed by atoms with Crippen LogP contribution in [0.1, 0.15) is 11.4 Å². The van der Waals surface area contributed by atoms with Crippen molar-refractivity contribution in [3.05, 3.63) is 53.1 Å². The van der Waals surface area contributed by atoms with Crippen molar-refractivity contribution >= 4 is 12.2 Å². The minimum Gasteiger partial charge on any atom is -0.294 e. The van der Waals surface area contributed by atoms with Crippen molar-refractivity contribution in [2.75, 3.05) is 0 Å². The number of hydrogen-bond donors (Lipinski definition) is 1. The van der Waals surface area contributed by atoms with E-state index in [9.17, 15) is 0 Å². The van der Waals surface area contributed by atoms with E-state index in [-0.39, 0.29) is 0 Å². The summed E-state index contributed by atoms with van der Waals surface area (Å²) in [5, 5.41) is 7.08. The van der Waals surface area contributed by atoms with Crippen molar-refractivity contribution in [1.29, 1.82) is 0 Å². The van der Waals surface area contributed by atoms with Gasteiger partial charge in [-0.15, -0.1) is 0 Å². The van der Waals surface area contributed by atoms with E-state index in [4.69, 9.17) is 12.2 Å². The molecule has 0 aromatic carbocycles. The van der Waals surface area contributed by atoms with Crippen LogP contribution in [-0.4, -0.2) is 29.7 Å². The van der Waals surface area contributed by atoms with Crippen LogP contribution in [-0.2, 0) is 6.54 Å². The summed E-state index contributed by atoms with van der Waals surface area (Å²) >= 11 is 5.28. The van der Waals surface area contributed by atoms with Crippen LogP contribution in [0.4, 0.5) is 0 Å². The summed E-state index contributed by atoms with van der Waals surface area (Å²) in [4.78, 5) is 12.6. The van der Waals surface area contributed by atoms with Crippen molar-refractivity contribution in [3.63, 3.8) is 0 Å². The normalized spacial score (nSPS) is 10.7. The van der Waals surface area contributed by atoms with Gasteiger partial charge in [-0.3, -0.25) is 24.6 Å². The van der Waals surface area contributed by atoms with Gasteiger partial charge in [0.1, 0.15) is 0 Å². The summed E-state index contributed by atoms with van der Waals surface area (Å²) in [5.74, 6) is 0.764. The molecule has 6 nitrogen and oxygen atoms in total. The standard InChI is InChI=1S/C13H12N6S/c1-9-6-16-11(7-15-9)8-19-12(17-18-13(19)20)10-2-4-14-5-3-10/h2-7H,8H2,1H3,(H,18,20). The Kier molecular flexibility index (Phi) is 3.34. The molecule has 0 amide bonds. The topological polar surface area (TPSA) is 72.3 Å². The van der Waals surface area contributed by atoms with Crippen LogP contribution in [0.25, 0.3) is 11.4 Å². The first-order valence-electron chi connectivity index (χ1n) is 6.07. The molecular weight excluding hydrogens is 272 g/mol. The van der Waals surface area contributed by atoms with Gasteiger partial charge in [0.05, 0.1) is 24.1 Å². The number of H-pyrrole nitrogens is 1. The molecule has 20 heavy (non-hydrogen) atoms. The van der Waals surface area contributed by atoms with Crippen LogP contribution in [0.5, 0.6) is 0 Å². The van der Waals surface area contributed by atoms with Gasteiger partial charge in [-0.1, -0.05) is 0 Å². The van der Waals surface area contributed by atoms with E-state index >= 15 is 0 Å². The van der Waals surface area contributed by atoms with E-state index in [1.165, 1.54) is 0 Å². The van der Waals surface area contributed by atoms with Crippen LogP contribution in [0.3, 0.4) is 0 Å². The van der Waals surface area contributed by atoms with E-state index in [1.54, 1.807) is 24.8 Å². The van der Waals surface area contributed by atoms with E-state index in [0.29, 0.717) is 11.3 Å². The molecule has 3 rings (SSSR count). The number of aryl methyl sites for hydroxylation is 1. The van der Waals surface area contributed by atoms with Crippen LogP contribution in [0.15, 0.2) is 36.9 Å². The average Bonchev–Trinajstić information content (AvgIpc) is 2.84. The summed E-state index contributed by atoms with van der Waals surface area (Å²) in [6.07, 6.45) is 6.94. The van der Waals surface area contributed by atoms with Crippen molar-refractivity contribution in [2.45, 2.75) is 13.5 Å². The van der Waals surface area contributed by atoms with Crippen molar-refractivity contribution in [1.82, 2.24) is 29.7 Å². The molecule has 0 aliphatic carbocycles. The fourth-order valence-electron chi connectivity index (χ4n) is 1.85. The van der Waals surface area contributed by atoms with E-state index in [1.807, 2.05) is 23.6 Å². The van der Waals surface area contributed by atoms with Gasteiger partial charge in [-0.25, -0.2) is 0 Å². The molecule has 0 saturated heterocycles. The molecule has 0 atom stereocenters. The predicted octanol–water partition coefficient (Wildman–Crippen LogP) is 2.15. The van der Waals surface area contributed by atoms with Gasteiger partial charge in [0.25, 0.3) is 0 Å². The first-order chi connectivity index (χ1) is 9.74. The maximum atomic E-state index is 5.28. The first kappa shape index (κ1) is 12.6. The van der Waals surface area contributed by atoms with Crippen LogP contribution in [0.2, 0.25) is 0 Å². The highest BCUT2D eigenvalue weighted by molar-refractivity contribution is 7.71. The predicted molar refractivity (Wildman–Crippen MR) is 76.5 cm³/mol. The van der Waals surface area contributed by atoms with Crippen molar-refractivity contribution in [2.24, 2.45) is 0 Å². The molecule has 3 heterocycles. The maximum absolute atomic E-state index is 5.28. The van der Waals surface area contributed by atoms with Gasteiger partial charge in [-0.05, 0) is 31.3 Å². The summed E-state index contributed by atoms with van der Waals surface area (Å²) in [6, 6.07) is 3.78. The Morgan fingerprint density at radius 1 is 1.20 bits per heavy atom. The Balaban J connectivity index is 2.00. The molecule has 0 fully saturated rings. The molecule has 3 aromatic rings. The molecule has 1 N–H and O–H groups in total. The molecule has 0 bridgehead atoms. The van der Waals surface area contributed by atoms with Gasteiger partial charge < -0.3 is 0 Å². The second-order valence-corrected chi connectivity index (χ2v) is 4.71. The van der Waals surface area contributed by atoms with Crippen LogP contribution >= 0.6 is 12.2 Å². The molecule has 0 unspecified atom stereocenters. The number of pyridine rings is 1. The van der Waals surface area contributed by atoms with Gasteiger partial charge in [0.2, 0.25) is 0 Å². The Morgan fingerprint density at radius 3 is 2.70 bits per heavy atom. The molecule has 0 aliphatic rings. The smallest absolute Gasteiger partial charge is 0.195 e. The molecule has 0 spiro atoms. The second kappa shape index (κ2) is 5.30. The summed E-state index contributed by atoms with van der Waals surface area (Å²) < 4.78 is 2.45. The third kappa shape index (κ3) is 2.48. The lowest BCUT2D eigenvalue weighted by Crippen LogP contribution is -2.05. The Morgan fingerprint density at radius 2 is 2.00 bits per heavy atom.